The molecule has 3 rings (SSSR count). The molecule has 0 bridgehead atoms. The molecule has 0 saturated carbocycles. The summed E-state index contributed by atoms with van der Waals surface area (Å²) in [5.74, 6) is 0. The lowest BCUT2D eigenvalue weighted by Crippen LogP contribution is -2.13. The van der Waals surface area contributed by atoms with Crippen LogP contribution >= 0.6 is 15.9 Å². The van der Waals surface area contributed by atoms with Gasteiger partial charge in [0.05, 0.1) is 12.7 Å². The highest BCUT2D eigenvalue weighted by Gasteiger charge is 2.20. The predicted octanol–water partition coefficient (Wildman–Crippen LogP) is 4.50. The second-order valence-electron chi connectivity index (χ2n) is 5.52. The molecule has 0 amide bonds. The first kappa shape index (κ1) is 14.8. The number of hydrogen-bond donors (Lipinski definition) is 1. The van der Waals surface area contributed by atoms with Gasteiger partial charge < -0.3 is 10.5 Å². The summed E-state index contributed by atoms with van der Waals surface area (Å²) in [6, 6.07) is 14.9. The molecule has 2 nitrogen and oxygen atoms in total. The highest BCUT2D eigenvalue weighted by molar-refractivity contribution is 9.10. The molecular weight excluding hydrogens is 326 g/mol. The van der Waals surface area contributed by atoms with E-state index in [1.807, 2.05) is 0 Å². The molecule has 1 aliphatic carbocycles. The zero-order valence-electron chi connectivity index (χ0n) is 12.0. The number of ether oxygens (including phenoxy) is 1. The number of halogens is 1. The molecule has 0 heterocycles. The number of aryl methyl sites for hydroxylation is 1. The van der Waals surface area contributed by atoms with E-state index in [-0.39, 0.29) is 6.10 Å². The first-order chi connectivity index (χ1) is 10.3. The molecule has 2 aromatic rings. The highest BCUT2D eigenvalue weighted by Crippen LogP contribution is 2.33. The van der Waals surface area contributed by atoms with E-state index in [0.29, 0.717) is 13.2 Å². The van der Waals surface area contributed by atoms with Gasteiger partial charge in [-0.05, 0) is 47.6 Å². The molecule has 2 N–H and O–H groups in total. The molecule has 2 aromatic carbocycles. The van der Waals surface area contributed by atoms with Gasteiger partial charge in [0, 0.05) is 11.0 Å². The van der Waals surface area contributed by atoms with Crippen LogP contribution in [0.3, 0.4) is 0 Å². The van der Waals surface area contributed by atoms with Crippen molar-refractivity contribution in [2.75, 3.05) is 0 Å². The summed E-state index contributed by atoms with van der Waals surface area (Å²) in [4.78, 5) is 0. The van der Waals surface area contributed by atoms with Crippen molar-refractivity contribution in [1.82, 2.24) is 0 Å². The summed E-state index contributed by atoms with van der Waals surface area (Å²) in [7, 11) is 0. The quantitative estimate of drug-likeness (QED) is 0.885. The SMILES string of the molecule is NCc1ccc(COC2CCCc3ccccc32)c(Br)c1. The minimum atomic E-state index is 0.219. The zero-order valence-corrected chi connectivity index (χ0v) is 13.6. The van der Waals surface area contributed by atoms with Gasteiger partial charge in [-0.1, -0.05) is 52.3 Å². The van der Waals surface area contributed by atoms with E-state index >= 15 is 0 Å². The van der Waals surface area contributed by atoms with Crippen molar-refractivity contribution >= 4 is 15.9 Å². The standard InChI is InChI=1S/C18H20BrNO/c19-17-10-13(11-20)8-9-15(17)12-21-18-7-3-5-14-4-1-2-6-16(14)18/h1-2,4,6,8-10,18H,3,5,7,11-12,20H2. The maximum Gasteiger partial charge on any atom is 0.0832 e. The maximum absolute atomic E-state index is 6.19. The average molecular weight is 346 g/mol. The van der Waals surface area contributed by atoms with Gasteiger partial charge in [0.2, 0.25) is 0 Å². The van der Waals surface area contributed by atoms with Crippen LogP contribution in [0.25, 0.3) is 0 Å². The zero-order chi connectivity index (χ0) is 14.7. The minimum absolute atomic E-state index is 0.219. The molecular formula is C18H20BrNO. The monoisotopic (exact) mass is 345 g/mol. The summed E-state index contributed by atoms with van der Waals surface area (Å²) < 4.78 is 7.27. The Morgan fingerprint density at radius 1 is 1.19 bits per heavy atom. The number of nitrogens with two attached hydrogens (primary N) is 1. The number of rotatable bonds is 4. The lowest BCUT2D eigenvalue weighted by molar-refractivity contribution is 0.0280. The van der Waals surface area contributed by atoms with E-state index in [1.54, 1.807) is 0 Å². The Bertz CT molecular complexity index is 626. The number of fused-ring (bicyclic) bond motifs is 1. The van der Waals surface area contributed by atoms with Gasteiger partial charge >= 0.3 is 0 Å². The van der Waals surface area contributed by atoms with E-state index in [0.717, 1.165) is 16.5 Å². The topological polar surface area (TPSA) is 35.2 Å². The van der Waals surface area contributed by atoms with Gasteiger partial charge in [-0.3, -0.25) is 0 Å². The Morgan fingerprint density at radius 2 is 2.05 bits per heavy atom. The van der Waals surface area contributed by atoms with Crippen LogP contribution in [0.2, 0.25) is 0 Å². The van der Waals surface area contributed by atoms with Crippen LogP contribution in [0, 0.1) is 0 Å². The molecule has 0 aromatic heterocycles. The molecule has 1 aliphatic rings. The van der Waals surface area contributed by atoms with Gasteiger partial charge in [0.25, 0.3) is 0 Å². The van der Waals surface area contributed by atoms with Gasteiger partial charge in [0.1, 0.15) is 0 Å². The molecule has 21 heavy (non-hydrogen) atoms. The lowest BCUT2D eigenvalue weighted by Gasteiger charge is -2.26. The fraction of sp³-hybridized carbons (Fsp3) is 0.333. The second-order valence-corrected chi connectivity index (χ2v) is 6.37. The summed E-state index contributed by atoms with van der Waals surface area (Å²) >= 11 is 3.61. The third kappa shape index (κ3) is 3.37. The second kappa shape index (κ2) is 6.73. The molecule has 1 unspecified atom stereocenters. The van der Waals surface area contributed by atoms with Crippen LogP contribution < -0.4 is 5.73 Å². The van der Waals surface area contributed by atoms with E-state index < -0.39 is 0 Å². The lowest BCUT2D eigenvalue weighted by atomic mass is 9.89. The molecule has 0 radical (unpaired) electrons. The molecule has 3 heteroatoms. The Labute approximate surface area is 134 Å². The van der Waals surface area contributed by atoms with Crippen LogP contribution in [0.4, 0.5) is 0 Å². The van der Waals surface area contributed by atoms with Crippen molar-refractivity contribution in [3.8, 4) is 0 Å². The highest BCUT2D eigenvalue weighted by atomic mass is 79.9. The summed E-state index contributed by atoms with van der Waals surface area (Å²) in [6.45, 7) is 1.19. The number of benzene rings is 2. The van der Waals surface area contributed by atoms with Crippen LogP contribution in [0.5, 0.6) is 0 Å². The molecule has 0 aliphatic heterocycles. The Morgan fingerprint density at radius 3 is 2.86 bits per heavy atom. The van der Waals surface area contributed by atoms with E-state index in [4.69, 9.17) is 10.5 Å². The smallest absolute Gasteiger partial charge is 0.0832 e. The van der Waals surface area contributed by atoms with Gasteiger partial charge in [-0.2, -0.15) is 0 Å². The molecule has 0 fully saturated rings. The van der Waals surface area contributed by atoms with Crippen molar-refractivity contribution in [1.29, 1.82) is 0 Å². The normalized spacial score (nSPS) is 17.5. The first-order valence-corrected chi connectivity index (χ1v) is 8.24. The Hall–Kier alpha value is -1.16. The van der Waals surface area contributed by atoms with Crippen LogP contribution in [0.1, 0.15) is 41.2 Å². The van der Waals surface area contributed by atoms with Crippen LogP contribution in [0.15, 0.2) is 46.9 Å². The number of hydrogen-bond acceptors (Lipinski definition) is 2. The fourth-order valence-corrected chi connectivity index (χ4v) is 3.45. The van der Waals surface area contributed by atoms with Crippen LogP contribution in [-0.2, 0) is 24.3 Å². The fourth-order valence-electron chi connectivity index (χ4n) is 2.91. The van der Waals surface area contributed by atoms with Gasteiger partial charge in [0.15, 0.2) is 0 Å². The van der Waals surface area contributed by atoms with E-state index in [1.165, 1.54) is 29.5 Å². The first-order valence-electron chi connectivity index (χ1n) is 7.44. The third-order valence-corrected chi connectivity index (χ3v) is 4.85. The Balaban J connectivity index is 1.71. The molecule has 110 valence electrons. The van der Waals surface area contributed by atoms with Crippen molar-refractivity contribution in [2.24, 2.45) is 5.73 Å². The summed E-state index contributed by atoms with van der Waals surface area (Å²) in [6.07, 6.45) is 3.70. The van der Waals surface area contributed by atoms with E-state index in [2.05, 4.69) is 58.4 Å². The van der Waals surface area contributed by atoms with Gasteiger partial charge in [-0.25, -0.2) is 0 Å². The van der Waals surface area contributed by atoms with Crippen molar-refractivity contribution in [3.63, 3.8) is 0 Å². The van der Waals surface area contributed by atoms with Gasteiger partial charge in [-0.15, -0.1) is 0 Å². The Kier molecular flexibility index (Phi) is 4.73. The van der Waals surface area contributed by atoms with Crippen molar-refractivity contribution in [2.45, 2.75) is 38.5 Å². The third-order valence-electron chi connectivity index (χ3n) is 4.11. The maximum atomic E-state index is 6.19. The average Bonchev–Trinajstić information content (AvgIpc) is 2.53. The molecule has 1 atom stereocenters. The van der Waals surface area contributed by atoms with E-state index in [9.17, 15) is 0 Å². The molecule has 0 saturated heterocycles. The predicted molar refractivity (Wildman–Crippen MR) is 88.9 cm³/mol. The molecule has 0 spiro atoms. The minimum Gasteiger partial charge on any atom is -0.369 e. The van der Waals surface area contributed by atoms with Crippen molar-refractivity contribution in [3.05, 3.63) is 69.2 Å². The van der Waals surface area contributed by atoms with Crippen LogP contribution in [-0.4, -0.2) is 0 Å². The summed E-state index contributed by atoms with van der Waals surface area (Å²) in [5.41, 5.74) is 10.8. The van der Waals surface area contributed by atoms with Crippen molar-refractivity contribution < 1.29 is 4.74 Å². The summed E-state index contributed by atoms with van der Waals surface area (Å²) in [5, 5.41) is 0. The largest absolute Gasteiger partial charge is 0.369 e.